The molecule has 0 amide bonds. The lowest BCUT2D eigenvalue weighted by molar-refractivity contribution is 0.788. The quantitative estimate of drug-likeness (QED) is 0.354. The highest BCUT2D eigenvalue weighted by atomic mass is 35.5. The van der Waals surface area contributed by atoms with Crippen molar-refractivity contribution in [1.82, 2.24) is 9.55 Å². The predicted molar refractivity (Wildman–Crippen MR) is 129 cm³/mol. The second kappa shape index (κ2) is 8.62. The van der Waals surface area contributed by atoms with Crippen molar-refractivity contribution in [3.05, 3.63) is 75.8 Å². The fraction of sp³-hybridized carbons (Fsp3) is 0.250. The number of halogens is 1. The summed E-state index contributed by atoms with van der Waals surface area (Å²) in [5.74, 6) is 0. The van der Waals surface area contributed by atoms with Crippen LogP contribution in [0.4, 0.5) is 5.69 Å². The van der Waals surface area contributed by atoms with Crippen molar-refractivity contribution in [3.8, 4) is 16.1 Å². The summed E-state index contributed by atoms with van der Waals surface area (Å²) in [6.07, 6.45) is 2.73. The lowest BCUT2D eigenvalue weighted by Gasteiger charge is -2.24. The first-order chi connectivity index (χ1) is 14.5. The normalized spacial score (nSPS) is 11.2. The average molecular weight is 438 g/mol. The van der Waals surface area contributed by atoms with Crippen molar-refractivity contribution >= 4 is 38.8 Å². The molecule has 0 unspecified atom stereocenters. The van der Waals surface area contributed by atoms with Crippen LogP contribution in [0.25, 0.3) is 26.3 Å². The number of benzene rings is 2. The van der Waals surface area contributed by atoms with Crippen molar-refractivity contribution in [2.45, 2.75) is 27.2 Å². The van der Waals surface area contributed by atoms with E-state index in [0.717, 1.165) is 46.7 Å². The number of nitrogens with zero attached hydrogens (tertiary/aromatic N) is 3. The lowest BCUT2D eigenvalue weighted by atomic mass is 10.1. The molecule has 6 heteroatoms. The number of thiophene rings is 1. The number of anilines is 1. The Hall–Kier alpha value is -2.63. The smallest absolute Gasteiger partial charge is 0.275 e. The van der Waals surface area contributed by atoms with Gasteiger partial charge in [0.15, 0.2) is 0 Å². The SMILES string of the molecule is CCCN(CC)c1ccc(-n2cnc3cc(-c4ccc(Cl)cc4)sc3c2=O)cc1C. The highest BCUT2D eigenvalue weighted by molar-refractivity contribution is 7.22. The number of rotatable bonds is 6. The van der Waals surface area contributed by atoms with E-state index in [0.29, 0.717) is 9.72 Å². The minimum Gasteiger partial charge on any atom is -0.372 e. The Kier molecular flexibility index (Phi) is 5.93. The molecule has 0 atom stereocenters. The lowest BCUT2D eigenvalue weighted by Crippen LogP contribution is -2.24. The zero-order chi connectivity index (χ0) is 21.3. The van der Waals surface area contributed by atoms with Crippen LogP contribution in [-0.4, -0.2) is 22.6 Å². The van der Waals surface area contributed by atoms with Crippen molar-refractivity contribution < 1.29 is 0 Å². The van der Waals surface area contributed by atoms with Crippen LogP contribution in [0.3, 0.4) is 0 Å². The molecular weight excluding hydrogens is 414 g/mol. The number of hydrogen-bond acceptors (Lipinski definition) is 4. The summed E-state index contributed by atoms with van der Waals surface area (Å²) < 4.78 is 2.29. The maximum atomic E-state index is 13.2. The van der Waals surface area contributed by atoms with Gasteiger partial charge in [0.1, 0.15) is 11.0 Å². The van der Waals surface area contributed by atoms with Gasteiger partial charge in [-0.25, -0.2) is 4.98 Å². The first kappa shape index (κ1) is 20.6. The van der Waals surface area contributed by atoms with Crippen LogP contribution in [0, 0.1) is 6.92 Å². The Bertz CT molecular complexity index is 1240. The van der Waals surface area contributed by atoms with Crippen molar-refractivity contribution in [2.24, 2.45) is 0 Å². The molecule has 154 valence electrons. The number of aromatic nitrogens is 2. The van der Waals surface area contributed by atoms with Gasteiger partial charge in [-0.1, -0.05) is 30.7 Å². The molecule has 0 saturated heterocycles. The van der Waals surface area contributed by atoms with E-state index in [2.05, 4.69) is 42.8 Å². The third-order valence-corrected chi connectivity index (χ3v) is 6.65. The van der Waals surface area contributed by atoms with Gasteiger partial charge in [0, 0.05) is 28.7 Å². The average Bonchev–Trinajstić information content (AvgIpc) is 3.18. The van der Waals surface area contributed by atoms with E-state index in [1.165, 1.54) is 17.0 Å². The second-order valence-electron chi connectivity index (χ2n) is 7.30. The summed E-state index contributed by atoms with van der Waals surface area (Å²) >= 11 is 7.46. The Balaban J connectivity index is 1.74. The first-order valence-corrected chi connectivity index (χ1v) is 11.3. The van der Waals surface area contributed by atoms with Crippen molar-refractivity contribution in [1.29, 1.82) is 0 Å². The zero-order valence-electron chi connectivity index (χ0n) is 17.4. The Morgan fingerprint density at radius 2 is 1.87 bits per heavy atom. The molecule has 0 aliphatic carbocycles. The predicted octanol–water partition coefficient (Wildman–Crippen LogP) is 6.31. The molecule has 0 fully saturated rings. The second-order valence-corrected chi connectivity index (χ2v) is 8.79. The largest absolute Gasteiger partial charge is 0.372 e. The molecule has 0 bridgehead atoms. The van der Waals surface area contributed by atoms with Gasteiger partial charge in [-0.2, -0.15) is 0 Å². The van der Waals surface area contributed by atoms with E-state index in [9.17, 15) is 4.79 Å². The third-order valence-electron chi connectivity index (χ3n) is 5.24. The van der Waals surface area contributed by atoms with Gasteiger partial charge in [0.2, 0.25) is 0 Å². The Morgan fingerprint density at radius 3 is 2.53 bits per heavy atom. The summed E-state index contributed by atoms with van der Waals surface area (Å²) in [6, 6.07) is 15.8. The van der Waals surface area contributed by atoms with Crippen LogP contribution >= 0.6 is 22.9 Å². The van der Waals surface area contributed by atoms with Crippen LogP contribution < -0.4 is 10.5 Å². The van der Waals surface area contributed by atoms with Crippen LogP contribution in [0.5, 0.6) is 0 Å². The summed E-state index contributed by atoms with van der Waals surface area (Å²) in [4.78, 5) is 21.1. The van der Waals surface area contributed by atoms with E-state index in [-0.39, 0.29) is 5.56 Å². The molecule has 0 radical (unpaired) electrons. The molecular formula is C24H24ClN3OS. The summed E-state index contributed by atoms with van der Waals surface area (Å²) in [5.41, 5.74) is 4.92. The molecule has 4 aromatic rings. The minimum absolute atomic E-state index is 0.0433. The van der Waals surface area contributed by atoms with Crippen LogP contribution in [-0.2, 0) is 0 Å². The van der Waals surface area contributed by atoms with E-state index >= 15 is 0 Å². The minimum atomic E-state index is -0.0433. The molecule has 0 saturated carbocycles. The fourth-order valence-corrected chi connectivity index (χ4v) is 4.89. The summed E-state index contributed by atoms with van der Waals surface area (Å²) in [6.45, 7) is 8.43. The van der Waals surface area contributed by atoms with Gasteiger partial charge in [-0.15, -0.1) is 11.3 Å². The van der Waals surface area contributed by atoms with Gasteiger partial charge in [0.25, 0.3) is 5.56 Å². The number of hydrogen-bond donors (Lipinski definition) is 0. The molecule has 0 N–H and O–H groups in total. The number of aryl methyl sites for hydroxylation is 1. The van der Waals surface area contributed by atoms with Crippen LogP contribution in [0.1, 0.15) is 25.8 Å². The maximum absolute atomic E-state index is 13.2. The molecule has 2 aromatic carbocycles. The zero-order valence-corrected chi connectivity index (χ0v) is 18.9. The fourth-order valence-electron chi connectivity index (χ4n) is 3.72. The summed E-state index contributed by atoms with van der Waals surface area (Å²) in [5, 5.41) is 0.694. The molecule has 0 aliphatic rings. The topological polar surface area (TPSA) is 38.1 Å². The molecule has 0 aliphatic heterocycles. The van der Waals surface area contributed by atoms with E-state index in [4.69, 9.17) is 11.6 Å². The monoisotopic (exact) mass is 437 g/mol. The Labute approximate surface area is 185 Å². The standard InChI is InChI=1S/C24H24ClN3OS/c1-4-12-27(5-2)21-11-10-19(13-16(21)3)28-15-26-20-14-22(30-23(20)24(28)29)17-6-8-18(25)9-7-17/h6-11,13-15H,4-5,12H2,1-3H3. The maximum Gasteiger partial charge on any atom is 0.275 e. The highest BCUT2D eigenvalue weighted by Gasteiger charge is 2.13. The summed E-state index contributed by atoms with van der Waals surface area (Å²) in [7, 11) is 0. The highest BCUT2D eigenvalue weighted by Crippen LogP contribution is 2.32. The number of fused-ring (bicyclic) bond motifs is 1. The van der Waals surface area contributed by atoms with Gasteiger partial charge in [-0.05, 0) is 67.8 Å². The van der Waals surface area contributed by atoms with Crippen molar-refractivity contribution in [3.63, 3.8) is 0 Å². The molecule has 0 spiro atoms. The van der Waals surface area contributed by atoms with E-state index < -0.39 is 0 Å². The van der Waals surface area contributed by atoms with E-state index in [1.807, 2.05) is 36.4 Å². The Morgan fingerprint density at radius 1 is 1.10 bits per heavy atom. The first-order valence-electron chi connectivity index (χ1n) is 10.1. The van der Waals surface area contributed by atoms with Crippen LogP contribution in [0.2, 0.25) is 5.02 Å². The molecule has 4 nitrogen and oxygen atoms in total. The van der Waals surface area contributed by atoms with Gasteiger partial charge >= 0.3 is 0 Å². The molecule has 30 heavy (non-hydrogen) atoms. The van der Waals surface area contributed by atoms with Gasteiger partial charge < -0.3 is 4.90 Å². The van der Waals surface area contributed by atoms with Crippen molar-refractivity contribution in [2.75, 3.05) is 18.0 Å². The van der Waals surface area contributed by atoms with Gasteiger partial charge in [-0.3, -0.25) is 9.36 Å². The van der Waals surface area contributed by atoms with Gasteiger partial charge in [0.05, 0.1) is 11.2 Å². The molecule has 2 aromatic heterocycles. The van der Waals surface area contributed by atoms with Crippen LogP contribution in [0.15, 0.2) is 59.7 Å². The van der Waals surface area contributed by atoms with E-state index in [1.54, 1.807) is 10.9 Å². The molecule has 2 heterocycles. The third kappa shape index (κ3) is 3.87. The molecule has 4 rings (SSSR count).